The van der Waals surface area contributed by atoms with E-state index in [9.17, 15) is 9.59 Å². The van der Waals surface area contributed by atoms with E-state index in [0.717, 1.165) is 37.1 Å². The monoisotopic (exact) mass is 377 g/mol. The summed E-state index contributed by atoms with van der Waals surface area (Å²) >= 11 is 11.7. The van der Waals surface area contributed by atoms with Gasteiger partial charge in [0.05, 0.1) is 6.04 Å². The average molecular weight is 378 g/mol. The molecule has 3 aliphatic rings. The Morgan fingerprint density at radius 1 is 1.16 bits per heavy atom. The molecule has 132 valence electrons. The van der Waals surface area contributed by atoms with Gasteiger partial charge in [0.2, 0.25) is 11.8 Å². The van der Waals surface area contributed by atoms with Crippen molar-refractivity contribution in [3.05, 3.63) is 28.8 Å². The molecule has 25 heavy (non-hydrogen) atoms. The second-order valence-corrected chi connectivity index (χ2v) is 7.87. The van der Waals surface area contributed by atoms with Gasteiger partial charge < -0.3 is 4.90 Å². The van der Waals surface area contributed by atoms with Crippen LogP contribution in [0.2, 0.25) is 5.02 Å². The van der Waals surface area contributed by atoms with Crippen LogP contribution in [0.4, 0.5) is 5.69 Å². The Labute approximate surface area is 157 Å². The Morgan fingerprint density at radius 3 is 2.52 bits per heavy atom. The van der Waals surface area contributed by atoms with Crippen molar-refractivity contribution >= 4 is 46.4 Å². The van der Waals surface area contributed by atoms with E-state index in [1.807, 2.05) is 18.2 Å². The van der Waals surface area contributed by atoms with E-state index >= 15 is 0 Å². The van der Waals surface area contributed by atoms with Gasteiger partial charge in [-0.05, 0) is 49.2 Å². The number of carbonyl (C=O) groups excluding carboxylic acids is 2. The fourth-order valence-electron chi connectivity index (χ4n) is 4.65. The van der Waals surface area contributed by atoms with Crippen molar-refractivity contribution in [1.82, 2.24) is 9.80 Å². The Bertz CT molecular complexity index is 773. The maximum absolute atomic E-state index is 13.4. The smallest absolute Gasteiger partial charge is 0.246 e. The molecule has 2 fully saturated rings. The number of rotatable bonds is 0. The number of thiocarbonyl (C=S) groups is 1. The van der Waals surface area contributed by atoms with E-state index in [4.69, 9.17) is 23.8 Å². The van der Waals surface area contributed by atoms with E-state index in [0.29, 0.717) is 11.4 Å². The fraction of sp³-hybridized carbons (Fsp3) is 0.500. The van der Waals surface area contributed by atoms with Gasteiger partial charge in [-0.15, -0.1) is 0 Å². The standard InChI is InChI=1S/C18H20ClN3O2S/c1-20-15(23)18(16(24)21(2)17(20)25)10-11-12(19)6-5-7-13(11)22-9-4-3-8-14(18)22/h5-7,14H,3-4,8-10H2,1-2H3/t14-/m1/s1. The largest absolute Gasteiger partial charge is 0.367 e. The minimum absolute atomic E-state index is 0.153. The number of nitrogens with zero attached hydrogens (tertiary/aromatic N) is 3. The lowest BCUT2D eigenvalue weighted by Crippen LogP contribution is -2.72. The molecule has 3 heterocycles. The zero-order valence-electron chi connectivity index (χ0n) is 14.3. The highest BCUT2D eigenvalue weighted by Crippen LogP contribution is 2.49. The lowest BCUT2D eigenvalue weighted by Gasteiger charge is -2.55. The first kappa shape index (κ1) is 16.8. The summed E-state index contributed by atoms with van der Waals surface area (Å²) in [6, 6.07) is 5.65. The lowest BCUT2D eigenvalue weighted by atomic mass is 9.66. The second kappa shape index (κ2) is 5.68. The van der Waals surface area contributed by atoms with Crippen molar-refractivity contribution in [3.8, 4) is 0 Å². The molecule has 4 rings (SSSR count). The Morgan fingerprint density at radius 2 is 1.84 bits per heavy atom. The summed E-state index contributed by atoms with van der Waals surface area (Å²) in [4.78, 5) is 31.9. The van der Waals surface area contributed by atoms with Crippen LogP contribution in [0.5, 0.6) is 0 Å². The number of benzene rings is 1. The Hall–Kier alpha value is -1.66. The number of halogens is 1. The summed E-state index contributed by atoms with van der Waals surface area (Å²) in [6.07, 6.45) is 3.21. The molecule has 0 saturated carbocycles. The van der Waals surface area contributed by atoms with Crippen molar-refractivity contribution in [2.75, 3.05) is 25.5 Å². The Kier molecular flexibility index (Phi) is 3.81. The second-order valence-electron chi connectivity index (χ2n) is 7.10. The zero-order valence-corrected chi connectivity index (χ0v) is 15.9. The minimum Gasteiger partial charge on any atom is -0.367 e. The van der Waals surface area contributed by atoms with Gasteiger partial charge in [0.15, 0.2) is 10.5 Å². The van der Waals surface area contributed by atoms with Gasteiger partial charge >= 0.3 is 0 Å². The third-order valence-corrected chi connectivity index (χ3v) is 6.78. The first-order valence-corrected chi connectivity index (χ1v) is 9.32. The average Bonchev–Trinajstić information content (AvgIpc) is 2.64. The molecule has 1 spiro atoms. The first-order valence-electron chi connectivity index (χ1n) is 8.54. The molecule has 0 bridgehead atoms. The summed E-state index contributed by atoms with van der Waals surface area (Å²) in [5.41, 5.74) is 0.796. The Balaban J connectivity index is 1.94. The van der Waals surface area contributed by atoms with Gasteiger partial charge in [-0.2, -0.15) is 0 Å². The summed E-state index contributed by atoms with van der Waals surface area (Å²) in [7, 11) is 3.31. The molecule has 7 heteroatoms. The molecule has 0 unspecified atom stereocenters. The molecule has 0 aliphatic carbocycles. The number of hydrogen-bond acceptors (Lipinski definition) is 4. The van der Waals surface area contributed by atoms with Gasteiger partial charge in [0.1, 0.15) is 0 Å². The molecule has 5 nitrogen and oxygen atoms in total. The number of hydrogen-bond donors (Lipinski definition) is 0. The van der Waals surface area contributed by atoms with Crippen LogP contribution in [0, 0.1) is 5.41 Å². The molecular formula is C18H20ClN3O2S. The van der Waals surface area contributed by atoms with Crippen molar-refractivity contribution in [1.29, 1.82) is 0 Å². The molecule has 1 aromatic carbocycles. The van der Waals surface area contributed by atoms with Crippen LogP contribution in [0.1, 0.15) is 24.8 Å². The van der Waals surface area contributed by atoms with Crippen molar-refractivity contribution in [2.24, 2.45) is 5.41 Å². The normalized spacial score (nSPS) is 25.3. The maximum atomic E-state index is 13.4. The highest BCUT2D eigenvalue weighted by Gasteiger charge is 2.62. The summed E-state index contributed by atoms with van der Waals surface area (Å²) in [5, 5.41) is 0.868. The highest BCUT2D eigenvalue weighted by atomic mass is 35.5. The topological polar surface area (TPSA) is 43.9 Å². The molecule has 2 amide bonds. The molecule has 0 radical (unpaired) electrons. The van der Waals surface area contributed by atoms with Crippen LogP contribution in [0.3, 0.4) is 0 Å². The van der Waals surface area contributed by atoms with Crippen LogP contribution < -0.4 is 4.90 Å². The quantitative estimate of drug-likeness (QED) is 0.514. The van der Waals surface area contributed by atoms with Gasteiger partial charge in [0.25, 0.3) is 0 Å². The summed E-state index contributed by atoms with van der Waals surface area (Å²) in [5.74, 6) is -0.411. The van der Waals surface area contributed by atoms with E-state index in [1.54, 1.807) is 14.1 Å². The summed E-state index contributed by atoms with van der Waals surface area (Å²) in [6.45, 7) is 0.832. The molecule has 0 N–H and O–H groups in total. The van der Waals surface area contributed by atoms with E-state index in [2.05, 4.69) is 4.90 Å². The highest BCUT2D eigenvalue weighted by molar-refractivity contribution is 7.80. The van der Waals surface area contributed by atoms with Crippen LogP contribution in [0.25, 0.3) is 0 Å². The van der Waals surface area contributed by atoms with Crippen LogP contribution in [0.15, 0.2) is 18.2 Å². The van der Waals surface area contributed by atoms with Gasteiger partial charge in [0, 0.05) is 37.8 Å². The lowest BCUT2D eigenvalue weighted by molar-refractivity contribution is -0.157. The van der Waals surface area contributed by atoms with Crippen molar-refractivity contribution < 1.29 is 9.59 Å². The molecule has 0 aromatic heterocycles. The van der Waals surface area contributed by atoms with Crippen LogP contribution in [-0.2, 0) is 16.0 Å². The van der Waals surface area contributed by atoms with Crippen molar-refractivity contribution in [3.63, 3.8) is 0 Å². The van der Waals surface area contributed by atoms with Gasteiger partial charge in [-0.3, -0.25) is 19.4 Å². The third-order valence-electron chi connectivity index (χ3n) is 5.88. The van der Waals surface area contributed by atoms with Gasteiger partial charge in [-0.1, -0.05) is 17.7 Å². The number of amides is 2. The minimum atomic E-state index is -1.15. The van der Waals surface area contributed by atoms with Crippen LogP contribution in [-0.4, -0.2) is 53.4 Å². The number of anilines is 1. The molecule has 3 aliphatic heterocycles. The summed E-state index contributed by atoms with van der Waals surface area (Å²) < 4.78 is 0. The molecule has 1 atom stereocenters. The van der Waals surface area contributed by atoms with E-state index in [-0.39, 0.29) is 23.0 Å². The molecule has 2 saturated heterocycles. The first-order chi connectivity index (χ1) is 11.9. The molecule has 1 aromatic rings. The SMILES string of the molecule is CN1C(=O)C2(Cc3c(Cl)cccc3N3CCCC[C@@H]32)C(=O)N(C)C1=S. The molecular weight excluding hydrogens is 358 g/mol. The van der Waals surface area contributed by atoms with E-state index in [1.165, 1.54) is 9.80 Å². The number of piperidine rings is 1. The number of carbonyl (C=O) groups is 2. The predicted octanol–water partition coefficient (Wildman–Crippen LogP) is 2.46. The zero-order chi connectivity index (χ0) is 17.9. The fourth-order valence-corrected chi connectivity index (χ4v) is 5.05. The van der Waals surface area contributed by atoms with Crippen LogP contribution >= 0.6 is 23.8 Å². The predicted molar refractivity (Wildman–Crippen MR) is 101 cm³/mol. The van der Waals surface area contributed by atoms with Crippen molar-refractivity contribution in [2.45, 2.75) is 31.7 Å². The van der Waals surface area contributed by atoms with Gasteiger partial charge in [-0.25, -0.2) is 0 Å². The number of fused-ring (bicyclic) bond motifs is 4. The van der Waals surface area contributed by atoms with E-state index < -0.39 is 5.41 Å². The maximum Gasteiger partial charge on any atom is 0.246 e. The third kappa shape index (κ3) is 2.10.